The van der Waals surface area contributed by atoms with Gasteiger partial charge >= 0.3 is 0 Å². The summed E-state index contributed by atoms with van der Waals surface area (Å²) < 4.78 is 0. The van der Waals surface area contributed by atoms with Crippen molar-refractivity contribution in [1.82, 2.24) is 0 Å². The first-order valence-electron chi connectivity index (χ1n) is 8.14. The van der Waals surface area contributed by atoms with Gasteiger partial charge in [-0.1, -0.05) is 66.7 Å². The molecule has 0 nitrogen and oxygen atoms in total. The van der Waals surface area contributed by atoms with Crippen molar-refractivity contribution in [2.45, 2.75) is 6.92 Å². The van der Waals surface area contributed by atoms with Crippen LogP contribution in [0.25, 0.3) is 55.3 Å². The minimum atomic E-state index is 1.38. The van der Waals surface area contributed by atoms with Crippen molar-refractivity contribution >= 4 is 10.8 Å². The van der Waals surface area contributed by atoms with Crippen LogP contribution in [0, 0.1) is 6.92 Å². The average Bonchev–Trinajstić information content (AvgIpc) is 3.09. The highest BCUT2D eigenvalue weighted by Crippen LogP contribution is 2.56. The van der Waals surface area contributed by atoms with E-state index in [-0.39, 0.29) is 0 Å². The van der Waals surface area contributed by atoms with Crippen molar-refractivity contribution < 1.29 is 0 Å². The number of aryl methyl sites for hydroxylation is 1. The molecule has 106 valence electrons. The molecular weight excluding hydrogens is 276 g/mol. The highest BCUT2D eigenvalue weighted by Gasteiger charge is 2.29. The van der Waals surface area contributed by atoms with Gasteiger partial charge < -0.3 is 0 Å². The standard InChI is InChI=1S/C23H14/c1-13-12-20-15-7-3-2-6-14(15)18-10-11-19-16-8-4-5-9-17(16)21(13)23(19)22(18)20/h2-12H,1H3. The van der Waals surface area contributed by atoms with Crippen LogP contribution in [0.1, 0.15) is 5.56 Å². The topological polar surface area (TPSA) is 0 Å². The van der Waals surface area contributed by atoms with Crippen LogP contribution in [0.3, 0.4) is 0 Å². The van der Waals surface area contributed by atoms with Gasteiger partial charge in [-0.15, -0.1) is 0 Å². The van der Waals surface area contributed by atoms with Crippen LogP contribution in [0.5, 0.6) is 0 Å². The fourth-order valence-corrected chi connectivity index (χ4v) is 4.60. The SMILES string of the molecule is Cc1cc2c3c(ccc4c3c1-c1ccccc1-4)-c1ccccc1-2. The maximum Gasteiger partial charge on any atom is -0.00112 e. The van der Waals surface area contributed by atoms with Crippen LogP contribution in [-0.4, -0.2) is 0 Å². The Morgan fingerprint density at radius 3 is 1.70 bits per heavy atom. The lowest BCUT2D eigenvalue weighted by molar-refractivity contribution is 1.51. The monoisotopic (exact) mass is 290 g/mol. The van der Waals surface area contributed by atoms with Crippen molar-refractivity contribution in [2.24, 2.45) is 0 Å². The Kier molecular flexibility index (Phi) is 1.89. The summed E-state index contributed by atoms with van der Waals surface area (Å²) >= 11 is 0. The molecule has 23 heavy (non-hydrogen) atoms. The molecule has 0 radical (unpaired) electrons. The van der Waals surface area contributed by atoms with Gasteiger partial charge in [0.15, 0.2) is 0 Å². The van der Waals surface area contributed by atoms with Gasteiger partial charge in [0.05, 0.1) is 0 Å². The molecule has 4 aromatic rings. The first kappa shape index (κ1) is 11.7. The Labute approximate surface area is 135 Å². The lowest BCUT2D eigenvalue weighted by atomic mass is 9.94. The first-order chi connectivity index (χ1) is 11.3. The second kappa shape index (κ2) is 3.72. The Morgan fingerprint density at radius 1 is 0.478 bits per heavy atom. The summed E-state index contributed by atoms with van der Waals surface area (Å²) in [5.41, 5.74) is 12.5. The van der Waals surface area contributed by atoms with E-state index in [1.807, 2.05) is 0 Å². The fraction of sp³-hybridized carbons (Fsp3) is 0.0435. The lowest BCUT2D eigenvalue weighted by Crippen LogP contribution is -1.84. The Morgan fingerprint density at radius 2 is 1.00 bits per heavy atom. The largest absolute Gasteiger partial charge is 0.0616 e. The molecule has 0 saturated carbocycles. The van der Waals surface area contributed by atoms with E-state index in [4.69, 9.17) is 0 Å². The number of hydrogen-bond acceptors (Lipinski definition) is 0. The second-order valence-electron chi connectivity index (χ2n) is 6.62. The van der Waals surface area contributed by atoms with E-state index in [1.54, 1.807) is 0 Å². The van der Waals surface area contributed by atoms with Gasteiger partial charge in [-0.25, -0.2) is 0 Å². The summed E-state index contributed by atoms with van der Waals surface area (Å²) in [6, 6.07) is 24.6. The number of benzene rings is 4. The molecule has 0 heterocycles. The summed E-state index contributed by atoms with van der Waals surface area (Å²) in [7, 11) is 0. The van der Waals surface area contributed by atoms with Gasteiger partial charge in [0.1, 0.15) is 0 Å². The molecule has 0 saturated heterocycles. The quantitative estimate of drug-likeness (QED) is 0.302. The van der Waals surface area contributed by atoms with E-state index in [0.29, 0.717) is 0 Å². The summed E-state index contributed by atoms with van der Waals surface area (Å²) in [6.07, 6.45) is 0. The maximum absolute atomic E-state index is 2.39. The van der Waals surface area contributed by atoms with E-state index < -0.39 is 0 Å². The van der Waals surface area contributed by atoms with Crippen molar-refractivity contribution in [1.29, 1.82) is 0 Å². The normalized spacial score (nSPS) is 12.6. The summed E-state index contributed by atoms with van der Waals surface area (Å²) in [4.78, 5) is 0. The highest BCUT2D eigenvalue weighted by molar-refractivity contribution is 6.26. The summed E-state index contributed by atoms with van der Waals surface area (Å²) in [5.74, 6) is 0. The Bertz CT molecular complexity index is 1160. The Balaban J connectivity index is 1.91. The van der Waals surface area contributed by atoms with Gasteiger partial charge in [-0.05, 0) is 67.8 Å². The van der Waals surface area contributed by atoms with Gasteiger partial charge in [0, 0.05) is 0 Å². The molecule has 4 aromatic carbocycles. The number of rotatable bonds is 0. The molecule has 0 atom stereocenters. The Hall–Kier alpha value is -2.86. The zero-order chi connectivity index (χ0) is 15.1. The van der Waals surface area contributed by atoms with Crippen LogP contribution in [0.15, 0.2) is 66.7 Å². The third kappa shape index (κ3) is 1.21. The number of hydrogen-bond donors (Lipinski definition) is 0. The van der Waals surface area contributed by atoms with E-state index in [9.17, 15) is 0 Å². The van der Waals surface area contributed by atoms with Crippen LogP contribution >= 0.6 is 0 Å². The molecule has 0 heteroatoms. The molecule has 0 amide bonds. The minimum Gasteiger partial charge on any atom is -0.0616 e. The summed E-state index contributed by atoms with van der Waals surface area (Å²) in [5, 5.41) is 2.90. The van der Waals surface area contributed by atoms with E-state index in [2.05, 4.69) is 73.7 Å². The van der Waals surface area contributed by atoms with E-state index >= 15 is 0 Å². The molecular formula is C23H14. The van der Waals surface area contributed by atoms with Gasteiger partial charge in [0.2, 0.25) is 0 Å². The van der Waals surface area contributed by atoms with E-state index in [1.165, 1.54) is 60.8 Å². The molecule has 6 rings (SSSR count). The first-order valence-corrected chi connectivity index (χ1v) is 8.14. The van der Waals surface area contributed by atoms with Crippen LogP contribution < -0.4 is 0 Å². The van der Waals surface area contributed by atoms with Crippen LogP contribution in [0.4, 0.5) is 0 Å². The van der Waals surface area contributed by atoms with Gasteiger partial charge in [-0.2, -0.15) is 0 Å². The molecule has 0 bridgehead atoms. The van der Waals surface area contributed by atoms with Gasteiger partial charge in [-0.3, -0.25) is 0 Å². The predicted octanol–water partition coefficient (Wildman–Crippen LogP) is 6.44. The van der Waals surface area contributed by atoms with Crippen LogP contribution in [-0.2, 0) is 0 Å². The predicted molar refractivity (Wildman–Crippen MR) is 97.5 cm³/mol. The summed E-state index contributed by atoms with van der Waals surface area (Å²) in [6.45, 7) is 2.25. The van der Waals surface area contributed by atoms with Crippen molar-refractivity contribution in [3.63, 3.8) is 0 Å². The molecule has 0 spiro atoms. The maximum atomic E-state index is 2.39. The minimum absolute atomic E-state index is 1.38. The van der Waals surface area contributed by atoms with Crippen molar-refractivity contribution in [2.75, 3.05) is 0 Å². The smallest absolute Gasteiger partial charge is 0.00112 e. The molecule has 0 N–H and O–H groups in total. The number of fused-ring (bicyclic) bond motifs is 6. The zero-order valence-electron chi connectivity index (χ0n) is 12.9. The third-order valence-electron chi connectivity index (χ3n) is 5.47. The zero-order valence-corrected chi connectivity index (χ0v) is 12.9. The molecule has 2 aliphatic carbocycles. The fourth-order valence-electron chi connectivity index (χ4n) is 4.60. The average molecular weight is 290 g/mol. The molecule has 0 aliphatic heterocycles. The highest BCUT2D eigenvalue weighted by atomic mass is 14.3. The van der Waals surface area contributed by atoms with Gasteiger partial charge in [0.25, 0.3) is 0 Å². The second-order valence-corrected chi connectivity index (χ2v) is 6.62. The third-order valence-corrected chi connectivity index (χ3v) is 5.47. The molecule has 0 unspecified atom stereocenters. The lowest BCUT2D eigenvalue weighted by Gasteiger charge is -2.09. The van der Waals surface area contributed by atoms with Crippen molar-refractivity contribution in [3.8, 4) is 44.5 Å². The molecule has 0 aromatic heterocycles. The van der Waals surface area contributed by atoms with Crippen molar-refractivity contribution in [3.05, 3.63) is 72.3 Å². The van der Waals surface area contributed by atoms with E-state index in [0.717, 1.165) is 0 Å². The molecule has 2 aliphatic rings. The van der Waals surface area contributed by atoms with Crippen LogP contribution in [0.2, 0.25) is 0 Å². The molecule has 0 fully saturated rings.